The number of benzene rings is 2. The molecule has 1 atom stereocenters. The van der Waals surface area contributed by atoms with Crippen molar-refractivity contribution in [3.8, 4) is 0 Å². The zero-order chi connectivity index (χ0) is 22.5. The second-order valence-electron chi connectivity index (χ2n) is 8.31. The molecule has 1 N–H and O–H groups in total. The van der Waals surface area contributed by atoms with Gasteiger partial charge in [-0.2, -0.15) is 0 Å². The second-order valence-corrected chi connectivity index (χ2v) is 8.31. The predicted molar refractivity (Wildman–Crippen MR) is 123 cm³/mol. The topological polar surface area (TPSA) is 84.3 Å². The van der Waals surface area contributed by atoms with Crippen LogP contribution in [0.3, 0.4) is 0 Å². The Morgan fingerprint density at radius 1 is 1.06 bits per heavy atom. The fraction of sp³-hybridized carbons (Fsp3) is 0.360. The number of aromatic nitrogens is 2. The van der Waals surface area contributed by atoms with Gasteiger partial charge in [-0.15, -0.1) is 0 Å². The van der Waals surface area contributed by atoms with Crippen LogP contribution in [0.1, 0.15) is 30.4 Å². The molecule has 0 bridgehead atoms. The standard InChI is InChI=1S/C25H28N4O3/c1-18-8-7-11-20-23(18)26-17-29(24(20)31)15-12-22(30)27-21(16-19-9-3-2-4-10-19)25(32)28-13-5-6-14-28/h2-4,7-11,17,21H,5-6,12-16H2,1H3,(H,27,30). The van der Waals surface area contributed by atoms with Crippen LogP contribution in [0.4, 0.5) is 0 Å². The Bertz CT molecular complexity index is 1170. The first-order chi connectivity index (χ1) is 15.5. The lowest BCUT2D eigenvalue weighted by Gasteiger charge is -2.24. The fourth-order valence-corrected chi connectivity index (χ4v) is 4.19. The lowest BCUT2D eigenvalue weighted by Crippen LogP contribution is -2.49. The molecule has 1 saturated heterocycles. The summed E-state index contributed by atoms with van der Waals surface area (Å²) in [5.74, 6) is -0.297. The number of hydrogen-bond acceptors (Lipinski definition) is 4. The lowest BCUT2D eigenvalue weighted by atomic mass is 10.0. The number of carbonyl (C=O) groups is 2. The van der Waals surface area contributed by atoms with Crippen molar-refractivity contribution < 1.29 is 9.59 Å². The Hall–Kier alpha value is -3.48. The zero-order valence-electron chi connectivity index (χ0n) is 18.3. The second kappa shape index (κ2) is 9.77. The van der Waals surface area contributed by atoms with E-state index in [1.807, 2.05) is 54.3 Å². The number of fused-ring (bicyclic) bond motifs is 1. The Balaban J connectivity index is 1.45. The predicted octanol–water partition coefficient (Wildman–Crippen LogP) is 2.44. The average Bonchev–Trinajstić information content (AvgIpc) is 3.34. The minimum absolute atomic E-state index is 0.0419. The summed E-state index contributed by atoms with van der Waals surface area (Å²) in [6.45, 7) is 3.59. The number of para-hydroxylation sites is 1. The molecule has 3 aromatic rings. The van der Waals surface area contributed by atoms with E-state index in [1.54, 1.807) is 6.07 Å². The molecule has 1 fully saturated rings. The Morgan fingerprint density at radius 2 is 1.81 bits per heavy atom. The van der Waals surface area contributed by atoms with Crippen LogP contribution in [0.25, 0.3) is 10.9 Å². The summed E-state index contributed by atoms with van der Waals surface area (Å²) < 4.78 is 1.45. The van der Waals surface area contributed by atoms with Gasteiger partial charge in [0.25, 0.3) is 5.56 Å². The van der Waals surface area contributed by atoms with E-state index in [0.717, 1.165) is 37.1 Å². The van der Waals surface area contributed by atoms with Crippen molar-refractivity contribution in [1.82, 2.24) is 19.8 Å². The molecule has 0 radical (unpaired) electrons. The average molecular weight is 433 g/mol. The molecule has 0 saturated carbocycles. The molecule has 7 heteroatoms. The van der Waals surface area contributed by atoms with Crippen LogP contribution in [0.2, 0.25) is 0 Å². The Labute approximate surface area is 187 Å². The molecule has 32 heavy (non-hydrogen) atoms. The number of nitrogens with one attached hydrogen (secondary N) is 1. The van der Waals surface area contributed by atoms with Crippen molar-refractivity contribution in [3.63, 3.8) is 0 Å². The van der Waals surface area contributed by atoms with Crippen LogP contribution in [0, 0.1) is 6.92 Å². The summed E-state index contributed by atoms with van der Waals surface area (Å²) in [5.41, 5.74) is 2.45. The maximum atomic E-state index is 13.0. The molecule has 1 aliphatic rings. The number of rotatable bonds is 7. The summed E-state index contributed by atoms with van der Waals surface area (Å²) >= 11 is 0. The molecule has 2 heterocycles. The highest BCUT2D eigenvalue weighted by Crippen LogP contribution is 2.13. The third-order valence-electron chi connectivity index (χ3n) is 5.97. The highest BCUT2D eigenvalue weighted by molar-refractivity contribution is 5.88. The first-order valence-electron chi connectivity index (χ1n) is 11.1. The van der Waals surface area contributed by atoms with Crippen LogP contribution in [-0.4, -0.2) is 45.4 Å². The SMILES string of the molecule is Cc1cccc2c(=O)n(CCC(=O)NC(Cc3ccccc3)C(=O)N3CCCC3)cnc12. The van der Waals surface area contributed by atoms with Gasteiger partial charge in [-0.05, 0) is 37.0 Å². The van der Waals surface area contributed by atoms with Crippen molar-refractivity contribution in [1.29, 1.82) is 0 Å². The smallest absolute Gasteiger partial charge is 0.261 e. The number of nitrogens with zero attached hydrogens (tertiary/aromatic N) is 3. The van der Waals surface area contributed by atoms with E-state index in [9.17, 15) is 14.4 Å². The van der Waals surface area contributed by atoms with Crippen LogP contribution in [0.15, 0.2) is 59.7 Å². The number of carbonyl (C=O) groups excluding carboxylic acids is 2. The van der Waals surface area contributed by atoms with Gasteiger partial charge in [-0.25, -0.2) is 4.98 Å². The molecule has 2 aromatic carbocycles. The largest absolute Gasteiger partial charge is 0.344 e. The van der Waals surface area contributed by atoms with Crippen molar-refractivity contribution in [2.75, 3.05) is 13.1 Å². The molecule has 2 amide bonds. The monoisotopic (exact) mass is 432 g/mol. The van der Waals surface area contributed by atoms with Crippen LogP contribution in [0.5, 0.6) is 0 Å². The van der Waals surface area contributed by atoms with E-state index in [-0.39, 0.29) is 30.3 Å². The third-order valence-corrected chi connectivity index (χ3v) is 5.97. The van der Waals surface area contributed by atoms with Gasteiger partial charge in [0.15, 0.2) is 0 Å². The third kappa shape index (κ3) is 4.88. The summed E-state index contributed by atoms with van der Waals surface area (Å²) in [6.07, 6.45) is 4.02. The normalized spacial score (nSPS) is 14.5. The van der Waals surface area contributed by atoms with Gasteiger partial charge >= 0.3 is 0 Å². The minimum Gasteiger partial charge on any atom is -0.344 e. The summed E-state index contributed by atoms with van der Waals surface area (Å²) in [5, 5.41) is 3.45. The van der Waals surface area contributed by atoms with Crippen molar-refractivity contribution >= 4 is 22.7 Å². The van der Waals surface area contributed by atoms with Gasteiger partial charge in [0.1, 0.15) is 6.04 Å². The number of hydrogen-bond donors (Lipinski definition) is 1. The first-order valence-corrected chi connectivity index (χ1v) is 11.1. The summed E-state index contributed by atoms with van der Waals surface area (Å²) in [4.78, 5) is 44.8. The zero-order valence-corrected chi connectivity index (χ0v) is 18.3. The van der Waals surface area contributed by atoms with E-state index < -0.39 is 6.04 Å². The van der Waals surface area contributed by atoms with Gasteiger partial charge in [-0.1, -0.05) is 42.5 Å². The lowest BCUT2D eigenvalue weighted by molar-refractivity contribution is -0.135. The van der Waals surface area contributed by atoms with Gasteiger partial charge in [-0.3, -0.25) is 19.0 Å². The molecule has 0 aliphatic carbocycles. The highest BCUT2D eigenvalue weighted by atomic mass is 16.2. The van der Waals surface area contributed by atoms with Crippen molar-refractivity contribution in [2.24, 2.45) is 0 Å². The van der Waals surface area contributed by atoms with Gasteiger partial charge in [0.05, 0.1) is 17.2 Å². The molecule has 4 rings (SSSR count). The van der Waals surface area contributed by atoms with E-state index in [1.165, 1.54) is 10.9 Å². The van der Waals surface area contributed by atoms with Crippen LogP contribution >= 0.6 is 0 Å². The Kier molecular flexibility index (Phi) is 6.63. The molecular formula is C25H28N4O3. The van der Waals surface area contributed by atoms with E-state index in [2.05, 4.69) is 10.3 Å². The minimum atomic E-state index is -0.614. The fourth-order valence-electron chi connectivity index (χ4n) is 4.19. The van der Waals surface area contributed by atoms with Gasteiger partial charge in [0, 0.05) is 32.5 Å². The van der Waals surface area contributed by atoms with E-state index in [0.29, 0.717) is 17.3 Å². The van der Waals surface area contributed by atoms with Crippen LogP contribution < -0.4 is 10.9 Å². The summed E-state index contributed by atoms with van der Waals surface area (Å²) in [7, 11) is 0. The van der Waals surface area contributed by atoms with E-state index in [4.69, 9.17) is 0 Å². The molecule has 166 valence electrons. The number of amides is 2. The molecule has 1 aliphatic heterocycles. The highest BCUT2D eigenvalue weighted by Gasteiger charge is 2.28. The number of likely N-dealkylation sites (tertiary alicyclic amines) is 1. The van der Waals surface area contributed by atoms with Gasteiger partial charge < -0.3 is 10.2 Å². The Morgan fingerprint density at radius 3 is 2.56 bits per heavy atom. The quantitative estimate of drug-likeness (QED) is 0.622. The molecule has 1 aromatic heterocycles. The van der Waals surface area contributed by atoms with Gasteiger partial charge in [0.2, 0.25) is 11.8 Å². The van der Waals surface area contributed by atoms with E-state index >= 15 is 0 Å². The molecule has 1 unspecified atom stereocenters. The molecule has 7 nitrogen and oxygen atoms in total. The summed E-state index contributed by atoms with van der Waals surface area (Å²) in [6, 6.07) is 14.6. The molecular weight excluding hydrogens is 404 g/mol. The maximum absolute atomic E-state index is 13.0. The first kappa shape index (κ1) is 21.7. The van der Waals surface area contributed by atoms with Crippen molar-refractivity contribution in [2.45, 2.75) is 45.2 Å². The number of aryl methyl sites for hydroxylation is 2. The van der Waals surface area contributed by atoms with Crippen molar-refractivity contribution in [3.05, 3.63) is 76.3 Å². The molecule has 0 spiro atoms. The maximum Gasteiger partial charge on any atom is 0.261 e. The van der Waals surface area contributed by atoms with Crippen LogP contribution in [-0.2, 0) is 22.6 Å².